The first-order valence-electron chi connectivity index (χ1n) is 12.0. The zero-order valence-corrected chi connectivity index (χ0v) is 19.9. The van der Waals surface area contributed by atoms with Crippen molar-refractivity contribution in [2.45, 2.75) is 38.3 Å². The molecule has 2 atom stereocenters. The fourth-order valence-electron chi connectivity index (χ4n) is 5.56. The first-order chi connectivity index (χ1) is 17.4. The van der Waals surface area contributed by atoms with Crippen molar-refractivity contribution in [1.29, 1.82) is 0 Å². The number of benzene rings is 3. The molecule has 3 heterocycles. The minimum Gasteiger partial charge on any atom is -0.478 e. The molecule has 1 fully saturated rings. The molecule has 3 amide bonds. The standard InChI is InChI=1S/C29H25N3O4/c1-16(2)17-11-13-18(14-12-17)26-25-21(19-7-3-5-9-22(19)30-25)15-24-27(33)32(29(36)31(24)26)23-10-6-4-8-20(23)28(34)35/h3-14,16,24,26,30H,15H2,1-2H3,(H,34,35)/t24-,26+/m0/s1. The molecule has 36 heavy (non-hydrogen) atoms. The highest BCUT2D eigenvalue weighted by Crippen LogP contribution is 2.45. The van der Waals surface area contributed by atoms with E-state index in [0.29, 0.717) is 12.3 Å². The predicted octanol–water partition coefficient (Wildman–Crippen LogP) is 5.47. The van der Waals surface area contributed by atoms with E-state index < -0.39 is 30.0 Å². The zero-order valence-electron chi connectivity index (χ0n) is 19.9. The number of fused-ring (bicyclic) bond motifs is 4. The van der Waals surface area contributed by atoms with E-state index in [1.54, 1.807) is 17.0 Å². The number of carbonyl (C=O) groups excluding carboxylic acids is 2. The molecule has 7 heteroatoms. The summed E-state index contributed by atoms with van der Waals surface area (Å²) >= 11 is 0. The smallest absolute Gasteiger partial charge is 0.337 e. The van der Waals surface area contributed by atoms with E-state index in [2.05, 4.69) is 31.0 Å². The number of imide groups is 1. The van der Waals surface area contributed by atoms with Crippen molar-refractivity contribution in [2.75, 3.05) is 4.90 Å². The summed E-state index contributed by atoms with van der Waals surface area (Å²) in [5.74, 6) is -1.23. The molecule has 3 aromatic carbocycles. The lowest BCUT2D eigenvalue weighted by molar-refractivity contribution is -0.120. The van der Waals surface area contributed by atoms with Crippen molar-refractivity contribution in [3.63, 3.8) is 0 Å². The average Bonchev–Trinajstić information content (AvgIpc) is 3.37. The van der Waals surface area contributed by atoms with Gasteiger partial charge in [-0.05, 0) is 40.8 Å². The summed E-state index contributed by atoms with van der Waals surface area (Å²) in [4.78, 5) is 45.8. The molecule has 7 nitrogen and oxygen atoms in total. The number of carboxylic acids is 1. The summed E-state index contributed by atoms with van der Waals surface area (Å²) in [5.41, 5.74) is 4.95. The lowest BCUT2D eigenvalue weighted by Crippen LogP contribution is -2.44. The summed E-state index contributed by atoms with van der Waals surface area (Å²) < 4.78 is 0. The van der Waals surface area contributed by atoms with Crippen molar-refractivity contribution in [3.05, 3.63) is 101 Å². The van der Waals surface area contributed by atoms with Crippen molar-refractivity contribution in [3.8, 4) is 0 Å². The van der Waals surface area contributed by atoms with E-state index in [0.717, 1.165) is 32.6 Å². The zero-order chi connectivity index (χ0) is 25.1. The van der Waals surface area contributed by atoms with Crippen molar-refractivity contribution >= 4 is 34.5 Å². The first kappa shape index (κ1) is 22.1. The van der Waals surface area contributed by atoms with E-state index in [-0.39, 0.29) is 11.3 Å². The Morgan fingerprint density at radius 1 is 0.972 bits per heavy atom. The summed E-state index contributed by atoms with van der Waals surface area (Å²) in [6.45, 7) is 4.25. The Morgan fingerprint density at radius 3 is 2.39 bits per heavy atom. The maximum absolute atomic E-state index is 13.9. The molecule has 2 aliphatic heterocycles. The third-order valence-electron chi connectivity index (χ3n) is 7.34. The summed E-state index contributed by atoms with van der Waals surface area (Å²) in [5, 5.41) is 10.7. The number of carbonyl (C=O) groups is 3. The van der Waals surface area contributed by atoms with Crippen LogP contribution in [0.15, 0.2) is 72.8 Å². The number of aromatic nitrogens is 1. The second kappa shape index (κ2) is 8.09. The minimum atomic E-state index is -1.19. The molecule has 2 N–H and O–H groups in total. The number of H-pyrrole nitrogens is 1. The molecule has 0 saturated carbocycles. The number of aromatic carboxylic acids is 1. The third-order valence-corrected chi connectivity index (χ3v) is 7.34. The number of nitrogens with zero attached hydrogens (tertiary/aromatic N) is 2. The van der Waals surface area contributed by atoms with Gasteiger partial charge >= 0.3 is 12.0 Å². The van der Waals surface area contributed by atoms with Crippen LogP contribution in [0.3, 0.4) is 0 Å². The SMILES string of the molecule is CC(C)c1ccc([C@@H]2c3[nH]c4ccccc4c3C[C@H]3C(=O)N(c4ccccc4C(=O)O)C(=O)N23)cc1. The summed E-state index contributed by atoms with van der Waals surface area (Å²) in [7, 11) is 0. The van der Waals surface area contributed by atoms with Crippen LogP contribution in [0.1, 0.15) is 58.5 Å². The molecule has 0 spiro atoms. The molecule has 2 aliphatic rings. The Kier molecular flexibility index (Phi) is 4.96. The van der Waals surface area contributed by atoms with Gasteiger partial charge in [0.05, 0.1) is 11.3 Å². The number of rotatable bonds is 4. The maximum Gasteiger partial charge on any atom is 0.337 e. The molecule has 0 bridgehead atoms. The van der Waals surface area contributed by atoms with Crippen LogP contribution in [0.25, 0.3) is 10.9 Å². The largest absolute Gasteiger partial charge is 0.478 e. The van der Waals surface area contributed by atoms with E-state index in [1.807, 2.05) is 36.4 Å². The number of hydrogen-bond donors (Lipinski definition) is 2. The van der Waals surface area contributed by atoms with Gasteiger partial charge in [0.25, 0.3) is 5.91 Å². The van der Waals surface area contributed by atoms with Crippen molar-refractivity contribution < 1.29 is 19.5 Å². The van der Waals surface area contributed by atoms with Crippen LogP contribution >= 0.6 is 0 Å². The highest BCUT2D eigenvalue weighted by molar-refractivity contribution is 6.23. The average molecular weight is 480 g/mol. The normalized spacial score (nSPS) is 19.2. The molecule has 0 aliphatic carbocycles. The number of hydrogen-bond acceptors (Lipinski definition) is 3. The van der Waals surface area contributed by atoms with Crippen LogP contribution in [0.2, 0.25) is 0 Å². The topological polar surface area (TPSA) is 93.7 Å². The van der Waals surface area contributed by atoms with Gasteiger partial charge in [-0.1, -0.05) is 68.4 Å². The van der Waals surface area contributed by atoms with Gasteiger partial charge in [-0.25, -0.2) is 14.5 Å². The Balaban J connectivity index is 1.53. The van der Waals surface area contributed by atoms with Gasteiger partial charge in [0.15, 0.2) is 0 Å². The van der Waals surface area contributed by atoms with Gasteiger partial charge in [0.1, 0.15) is 12.1 Å². The van der Waals surface area contributed by atoms with E-state index in [1.165, 1.54) is 17.7 Å². The number of urea groups is 1. The third kappa shape index (κ3) is 3.16. The number of carboxylic acid groups (broad SMARTS) is 1. The summed E-state index contributed by atoms with van der Waals surface area (Å²) in [6.07, 6.45) is 0.357. The number of anilines is 1. The molecule has 0 unspecified atom stereocenters. The molecule has 180 valence electrons. The quantitative estimate of drug-likeness (QED) is 0.380. The van der Waals surface area contributed by atoms with Gasteiger partial charge in [-0.2, -0.15) is 0 Å². The lowest BCUT2D eigenvalue weighted by Gasteiger charge is -2.36. The monoisotopic (exact) mass is 479 g/mol. The Hall–Kier alpha value is -4.39. The van der Waals surface area contributed by atoms with Crippen LogP contribution < -0.4 is 4.90 Å². The molecule has 0 radical (unpaired) electrons. The Labute approximate surface area is 208 Å². The molecular weight excluding hydrogens is 454 g/mol. The van der Waals surface area contributed by atoms with Crippen LogP contribution in [-0.2, 0) is 11.2 Å². The molecule has 1 aromatic heterocycles. The Morgan fingerprint density at radius 2 is 1.67 bits per heavy atom. The molecule has 1 saturated heterocycles. The van der Waals surface area contributed by atoms with Gasteiger partial charge in [0.2, 0.25) is 0 Å². The summed E-state index contributed by atoms with van der Waals surface area (Å²) in [6, 6.07) is 20.5. The number of amides is 3. The number of nitrogens with one attached hydrogen (secondary N) is 1. The number of para-hydroxylation sites is 2. The van der Waals surface area contributed by atoms with Crippen LogP contribution in [0.4, 0.5) is 10.5 Å². The van der Waals surface area contributed by atoms with Crippen LogP contribution in [0, 0.1) is 0 Å². The highest BCUT2D eigenvalue weighted by atomic mass is 16.4. The molecular formula is C29H25N3O4. The minimum absolute atomic E-state index is 0.0825. The first-order valence-corrected chi connectivity index (χ1v) is 12.0. The Bertz CT molecular complexity index is 1540. The van der Waals surface area contributed by atoms with E-state index in [4.69, 9.17) is 0 Å². The van der Waals surface area contributed by atoms with E-state index >= 15 is 0 Å². The predicted molar refractivity (Wildman–Crippen MR) is 136 cm³/mol. The van der Waals surface area contributed by atoms with Crippen LogP contribution in [0.5, 0.6) is 0 Å². The van der Waals surface area contributed by atoms with Crippen LogP contribution in [-0.4, -0.2) is 38.9 Å². The van der Waals surface area contributed by atoms with Crippen molar-refractivity contribution in [2.24, 2.45) is 0 Å². The van der Waals surface area contributed by atoms with Gasteiger partial charge in [0, 0.05) is 23.0 Å². The lowest BCUT2D eigenvalue weighted by atomic mass is 9.88. The number of aromatic amines is 1. The van der Waals surface area contributed by atoms with Gasteiger partial charge in [-0.3, -0.25) is 9.69 Å². The van der Waals surface area contributed by atoms with E-state index in [9.17, 15) is 19.5 Å². The van der Waals surface area contributed by atoms with Crippen molar-refractivity contribution in [1.82, 2.24) is 9.88 Å². The maximum atomic E-state index is 13.9. The van der Waals surface area contributed by atoms with Gasteiger partial charge < -0.3 is 10.1 Å². The fraction of sp³-hybridized carbons (Fsp3) is 0.207. The molecule has 6 rings (SSSR count). The molecule has 4 aromatic rings. The van der Waals surface area contributed by atoms with Gasteiger partial charge in [-0.15, -0.1) is 0 Å². The fourth-order valence-corrected chi connectivity index (χ4v) is 5.56. The second-order valence-electron chi connectivity index (χ2n) is 9.69. The second-order valence-corrected chi connectivity index (χ2v) is 9.69. The highest BCUT2D eigenvalue weighted by Gasteiger charge is 2.53.